The van der Waals surface area contributed by atoms with Crippen molar-refractivity contribution in [1.82, 2.24) is 9.99 Å². The normalized spacial score (nSPS) is 11.0. The second kappa shape index (κ2) is 10.1. The molecule has 3 rings (SSSR count). The Morgan fingerprint density at radius 2 is 1.94 bits per heavy atom. The molecule has 0 atom stereocenters. The molecule has 0 aliphatic carbocycles. The maximum atomic E-state index is 12.6. The van der Waals surface area contributed by atoms with Crippen LogP contribution in [0.2, 0.25) is 5.02 Å². The zero-order valence-corrected chi connectivity index (χ0v) is 18.9. The van der Waals surface area contributed by atoms with E-state index in [4.69, 9.17) is 20.8 Å². The molecule has 0 unspecified atom stereocenters. The molecular formula is C22H21ClN4O6. The van der Waals surface area contributed by atoms with Crippen LogP contribution in [0, 0.1) is 24.0 Å². The largest absolute Gasteiger partial charge is 0.462 e. The number of hydrogen-bond donors (Lipinski definition) is 1. The van der Waals surface area contributed by atoms with Gasteiger partial charge in [-0.1, -0.05) is 23.7 Å². The lowest BCUT2D eigenvalue weighted by molar-refractivity contribution is -0.402. The van der Waals surface area contributed by atoms with Crippen molar-refractivity contribution < 1.29 is 23.7 Å². The van der Waals surface area contributed by atoms with E-state index in [1.165, 1.54) is 12.1 Å². The maximum Gasteiger partial charge on any atom is 0.433 e. The molecule has 2 heterocycles. The van der Waals surface area contributed by atoms with Crippen LogP contribution in [-0.4, -0.2) is 34.2 Å². The number of esters is 1. The molecule has 11 heteroatoms. The van der Waals surface area contributed by atoms with Crippen LogP contribution >= 0.6 is 11.6 Å². The monoisotopic (exact) mass is 472 g/mol. The highest BCUT2D eigenvalue weighted by Crippen LogP contribution is 2.32. The third kappa shape index (κ3) is 5.29. The summed E-state index contributed by atoms with van der Waals surface area (Å²) in [6.07, 6.45) is 1.16. The first kappa shape index (κ1) is 23.7. The number of benzene rings is 1. The quantitative estimate of drug-likeness (QED) is 0.226. The number of carbonyl (C=O) groups is 2. The molecule has 1 aromatic carbocycles. The van der Waals surface area contributed by atoms with E-state index in [1.807, 2.05) is 0 Å². The first-order valence-electron chi connectivity index (χ1n) is 9.91. The minimum atomic E-state index is -0.674. The fraction of sp³-hybridized carbons (Fsp3) is 0.227. The first-order chi connectivity index (χ1) is 15.7. The van der Waals surface area contributed by atoms with Gasteiger partial charge in [-0.3, -0.25) is 14.9 Å². The van der Waals surface area contributed by atoms with Gasteiger partial charge in [0.15, 0.2) is 5.76 Å². The SMILES string of the molecule is CCOC(=O)c1c(C)c(-c2ccc(Cl)cc2)n(CC(=O)N/N=C/c2ccc([N+](=O)[O-])o2)c1C. The molecule has 0 aliphatic rings. The summed E-state index contributed by atoms with van der Waals surface area (Å²) in [5.41, 5.74) is 5.44. The number of nitrogens with zero attached hydrogens (tertiary/aromatic N) is 3. The molecular weight excluding hydrogens is 452 g/mol. The average molecular weight is 473 g/mol. The van der Waals surface area contributed by atoms with Gasteiger partial charge in [0.25, 0.3) is 5.91 Å². The van der Waals surface area contributed by atoms with Gasteiger partial charge in [-0.2, -0.15) is 5.10 Å². The number of nitro groups is 1. The summed E-state index contributed by atoms with van der Waals surface area (Å²) in [6.45, 7) is 5.33. The minimum absolute atomic E-state index is 0.112. The van der Waals surface area contributed by atoms with Gasteiger partial charge in [-0.05, 0) is 50.1 Å². The summed E-state index contributed by atoms with van der Waals surface area (Å²) in [4.78, 5) is 35.2. The van der Waals surface area contributed by atoms with Gasteiger partial charge in [-0.15, -0.1) is 0 Å². The predicted molar refractivity (Wildman–Crippen MR) is 121 cm³/mol. The molecule has 3 aromatic rings. The van der Waals surface area contributed by atoms with Crippen LogP contribution in [0.3, 0.4) is 0 Å². The van der Waals surface area contributed by atoms with E-state index >= 15 is 0 Å². The number of hydrazone groups is 1. The number of furan rings is 1. The number of rotatable bonds is 8. The first-order valence-corrected chi connectivity index (χ1v) is 10.3. The number of ether oxygens (including phenoxy) is 1. The molecule has 0 aliphatic heterocycles. The van der Waals surface area contributed by atoms with Gasteiger partial charge in [0.2, 0.25) is 0 Å². The Bertz CT molecular complexity index is 1230. The molecule has 0 fully saturated rings. The summed E-state index contributed by atoms with van der Waals surface area (Å²) < 4.78 is 11.8. The van der Waals surface area contributed by atoms with Crippen molar-refractivity contribution in [2.75, 3.05) is 6.61 Å². The Balaban J connectivity index is 1.88. The summed E-state index contributed by atoms with van der Waals surface area (Å²) in [5, 5.41) is 15.0. The molecule has 33 heavy (non-hydrogen) atoms. The van der Waals surface area contributed by atoms with Crippen LogP contribution in [0.15, 0.2) is 45.9 Å². The zero-order valence-electron chi connectivity index (χ0n) is 18.1. The van der Waals surface area contributed by atoms with Gasteiger partial charge in [-0.25, -0.2) is 10.2 Å². The van der Waals surface area contributed by atoms with Crippen LogP contribution in [0.5, 0.6) is 0 Å². The van der Waals surface area contributed by atoms with Gasteiger partial charge >= 0.3 is 11.9 Å². The number of nitrogens with one attached hydrogen (secondary N) is 1. The summed E-state index contributed by atoms with van der Waals surface area (Å²) >= 11 is 6.01. The average Bonchev–Trinajstić information content (AvgIpc) is 3.32. The highest BCUT2D eigenvalue weighted by molar-refractivity contribution is 6.30. The number of aromatic nitrogens is 1. The fourth-order valence-corrected chi connectivity index (χ4v) is 3.56. The van der Waals surface area contributed by atoms with E-state index in [2.05, 4.69) is 10.5 Å². The molecule has 2 aromatic heterocycles. The van der Waals surface area contributed by atoms with Crippen molar-refractivity contribution in [3.63, 3.8) is 0 Å². The molecule has 0 saturated heterocycles. The summed E-state index contributed by atoms with van der Waals surface area (Å²) in [7, 11) is 0. The van der Waals surface area contributed by atoms with Crippen molar-refractivity contribution in [3.05, 3.63) is 74.1 Å². The molecule has 172 valence electrons. The lowest BCUT2D eigenvalue weighted by atomic mass is 10.1. The van der Waals surface area contributed by atoms with Gasteiger partial charge in [0.05, 0.1) is 30.1 Å². The van der Waals surface area contributed by atoms with Crippen molar-refractivity contribution in [2.45, 2.75) is 27.3 Å². The Kier molecular flexibility index (Phi) is 7.29. The molecule has 0 radical (unpaired) electrons. The maximum absolute atomic E-state index is 12.6. The zero-order chi connectivity index (χ0) is 24.1. The lowest BCUT2D eigenvalue weighted by Crippen LogP contribution is -2.24. The lowest BCUT2D eigenvalue weighted by Gasteiger charge is -2.12. The van der Waals surface area contributed by atoms with Crippen molar-refractivity contribution in [1.29, 1.82) is 0 Å². The molecule has 10 nitrogen and oxygen atoms in total. The second-order valence-corrected chi connectivity index (χ2v) is 7.41. The van der Waals surface area contributed by atoms with Crippen LogP contribution < -0.4 is 5.43 Å². The standard InChI is InChI=1S/C22H21ClN4O6/c1-4-32-22(29)20-13(2)21(15-5-7-16(23)8-6-15)26(14(20)3)12-18(28)25-24-11-17-9-10-19(33-17)27(30)31/h5-11H,4,12H2,1-3H3,(H,25,28)/b24-11+. The third-order valence-electron chi connectivity index (χ3n) is 4.84. The molecule has 0 bridgehead atoms. The van der Waals surface area contributed by atoms with Gasteiger partial charge in [0, 0.05) is 10.7 Å². The van der Waals surface area contributed by atoms with E-state index in [0.29, 0.717) is 27.5 Å². The predicted octanol–water partition coefficient (Wildman–Crippen LogP) is 4.25. The number of halogens is 1. The Morgan fingerprint density at radius 3 is 2.55 bits per heavy atom. The Hall–Kier alpha value is -3.92. The number of amides is 1. The van der Waals surface area contributed by atoms with Crippen LogP contribution in [0.25, 0.3) is 11.3 Å². The fourth-order valence-electron chi connectivity index (χ4n) is 3.43. The van der Waals surface area contributed by atoms with Crippen molar-refractivity contribution >= 4 is 35.6 Å². The van der Waals surface area contributed by atoms with E-state index < -0.39 is 22.7 Å². The molecule has 0 spiro atoms. The molecule has 1 N–H and O–H groups in total. The summed E-state index contributed by atoms with van der Waals surface area (Å²) in [5.74, 6) is -1.27. The van der Waals surface area contributed by atoms with Crippen molar-refractivity contribution in [3.8, 4) is 11.3 Å². The highest BCUT2D eigenvalue weighted by atomic mass is 35.5. The van der Waals surface area contributed by atoms with E-state index in [-0.39, 0.29) is 18.9 Å². The Morgan fingerprint density at radius 1 is 1.24 bits per heavy atom. The number of hydrogen-bond acceptors (Lipinski definition) is 7. The smallest absolute Gasteiger partial charge is 0.433 e. The van der Waals surface area contributed by atoms with Crippen LogP contribution in [-0.2, 0) is 16.1 Å². The Labute approximate surface area is 193 Å². The van der Waals surface area contributed by atoms with E-state index in [0.717, 1.165) is 11.8 Å². The third-order valence-corrected chi connectivity index (χ3v) is 5.09. The van der Waals surface area contributed by atoms with Gasteiger partial charge < -0.3 is 13.7 Å². The van der Waals surface area contributed by atoms with Crippen LogP contribution in [0.4, 0.5) is 5.88 Å². The minimum Gasteiger partial charge on any atom is -0.462 e. The van der Waals surface area contributed by atoms with Crippen molar-refractivity contribution in [2.24, 2.45) is 5.10 Å². The molecule has 1 amide bonds. The molecule has 0 saturated carbocycles. The summed E-state index contributed by atoms with van der Waals surface area (Å²) in [6, 6.07) is 9.59. The van der Waals surface area contributed by atoms with E-state index in [1.54, 1.807) is 49.6 Å². The topological polar surface area (TPSA) is 129 Å². The second-order valence-electron chi connectivity index (χ2n) is 6.97. The number of carbonyl (C=O) groups excluding carboxylic acids is 2. The highest BCUT2D eigenvalue weighted by Gasteiger charge is 2.25. The van der Waals surface area contributed by atoms with E-state index in [9.17, 15) is 19.7 Å². The van der Waals surface area contributed by atoms with Gasteiger partial charge in [0.1, 0.15) is 11.5 Å². The van der Waals surface area contributed by atoms with Crippen LogP contribution in [0.1, 0.15) is 34.3 Å².